The zero-order valence-corrected chi connectivity index (χ0v) is 13.9. The minimum Gasteiger partial charge on any atom is -0.353 e. The van der Waals surface area contributed by atoms with Crippen LogP contribution in [0.25, 0.3) is 11.4 Å². The van der Waals surface area contributed by atoms with E-state index in [9.17, 15) is 14.0 Å². The summed E-state index contributed by atoms with van der Waals surface area (Å²) in [4.78, 5) is 26.7. The molecule has 132 valence electrons. The maximum atomic E-state index is 13.3. The van der Waals surface area contributed by atoms with Crippen LogP contribution in [-0.2, 0) is 11.2 Å². The Morgan fingerprint density at radius 2 is 2.04 bits per heavy atom. The summed E-state index contributed by atoms with van der Waals surface area (Å²) in [5, 5.41) is 10.9. The van der Waals surface area contributed by atoms with Crippen molar-refractivity contribution in [2.45, 2.75) is 51.0 Å². The second kappa shape index (κ2) is 8.00. The summed E-state index contributed by atoms with van der Waals surface area (Å²) >= 11 is 0. The van der Waals surface area contributed by atoms with Gasteiger partial charge in [-0.05, 0) is 25.0 Å². The Morgan fingerprint density at radius 3 is 2.76 bits per heavy atom. The Hall–Kier alpha value is -2.57. The molecule has 1 aromatic heterocycles. The van der Waals surface area contributed by atoms with E-state index in [0.29, 0.717) is 5.56 Å². The maximum absolute atomic E-state index is 13.3. The van der Waals surface area contributed by atoms with E-state index < -0.39 is 11.4 Å². The fourth-order valence-electron chi connectivity index (χ4n) is 3.07. The summed E-state index contributed by atoms with van der Waals surface area (Å²) in [7, 11) is 0. The van der Waals surface area contributed by atoms with Gasteiger partial charge in [0.25, 0.3) is 5.56 Å². The number of rotatable bonds is 5. The van der Waals surface area contributed by atoms with Gasteiger partial charge in [0, 0.05) is 24.4 Å². The molecule has 1 saturated carbocycles. The number of hydrogen-bond acceptors (Lipinski definition) is 4. The highest BCUT2D eigenvalue weighted by Gasteiger charge is 2.16. The predicted octanol–water partition coefficient (Wildman–Crippen LogP) is 2.35. The van der Waals surface area contributed by atoms with Crippen LogP contribution in [-0.4, -0.2) is 27.1 Å². The molecule has 2 aromatic rings. The molecule has 1 aliphatic carbocycles. The minimum atomic E-state index is -0.413. The Bertz CT molecular complexity index is 800. The molecule has 2 N–H and O–H groups in total. The Morgan fingerprint density at radius 1 is 1.24 bits per heavy atom. The van der Waals surface area contributed by atoms with E-state index in [1.807, 2.05) is 0 Å². The van der Waals surface area contributed by atoms with Gasteiger partial charge in [-0.1, -0.05) is 31.4 Å². The van der Waals surface area contributed by atoms with Crippen molar-refractivity contribution in [3.05, 3.63) is 46.1 Å². The lowest BCUT2D eigenvalue weighted by Gasteiger charge is -2.22. The summed E-state index contributed by atoms with van der Waals surface area (Å²) in [5.41, 5.74) is 0.255. The quantitative estimate of drug-likeness (QED) is 0.871. The lowest BCUT2D eigenvalue weighted by molar-refractivity contribution is -0.122. The van der Waals surface area contributed by atoms with Crippen molar-refractivity contribution >= 4 is 5.91 Å². The number of carbonyl (C=O) groups excluding carboxylic acids is 1. The van der Waals surface area contributed by atoms with Crippen molar-refractivity contribution in [2.24, 2.45) is 0 Å². The van der Waals surface area contributed by atoms with E-state index in [-0.39, 0.29) is 36.3 Å². The Labute approximate surface area is 144 Å². The largest absolute Gasteiger partial charge is 0.353 e. The molecule has 1 amide bonds. The molecule has 0 atom stereocenters. The summed E-state index contributed by atoms with van der Waals surface area (Å²) in [6.07, 6.45) is 6.01. The van der Waals surface area contributed by atoms with E-state index in [1.54, 1.807) is 6.07 Å². The number of halogens is 1. The molecule has 0 saturated heterocycles. The van der Waals surface area contributed by atoms with Gasteiger partial charge >= 0.3 is 0 Å². The second-order valence-electron chi connectivity index (χ2n) is 6.36. The molecule has 0 spiro atoms. The van der Waals surface area contributed by atoms with Crippen molar-refractivity contribution in [3.63, 3.8) is 0 Å². The van der Waals surface area contributed by atoms with Gasteiger partial charge in [0.15, 0.2) is 5.82 Å². The number of hydrogen-bond donors (Lipinski definition) is 2. The third-order valence-corrected chi connectivity index (χ3v) is 4.42. The number of nitrogens with one attached hydrogen (secondary N) is 2. The molecule has 1 fully saturated rings. The van der Waals surface area contributed by atoms with Crippen LogP contribution in [0.5, 0.6) is 0 Å². The van der Waals surface area contributed by atoms with Crippen molar-refractivity contribution in [3.8, 4) is 11.4 Å². The summed E-state index contributed by atoms with van der Waals surface area (Å²) in [6, 6.07) is 6.01. The standard InChI is InChI=1S/C18H21FN4O2/c19-13-6-4-5-12(11-13)17-21-18(25)15(22-23-17)9-10-16(24)20-14-7-2-1-3-8-14/h4-6,11,14H,1-3,7-10H2,(H,20,24)(H,21,23,25). The molecule has 1 aromatic carbocycles. The average molecular weight is 344 g/mol. The molecule has 0 aliphatic heterocycles. The summed E-state index contributed by atoms with van der Waals surface area (Å²) in [5.74, 6) is -0.272. The zero-order valence-electron chi connectivity index (χ0n) is 13.9. The van der Waals surface area contributed by atoms with E-state index in [2.05, 4.69) is 20.5 Å². The van der Waals surface area contributed by atoms with Gasteiger partial charge in [0.05, 0.1) is 0 Å². The summed E-state index contributed by atoms with van der Waals surface area (Å²) < 4.78 is 13.3. The fourth-order valence-corrected chi connectivity index (χ4v) is 3.07. The zero-order chi connectivity index (χ0) is 17.6. The molecular formula is C18H21FN4O2. The molecule has 3 rings (SSSR count). The van der Waals surface area contributed by atoms with Crippen molar-refractivity contribution in [1.29, 1.82) is 0 Å². The number of nitrogens with zero attached hydrogens (tertiary/aromatic N) is 2. The van der Waals surface area contributed by atoms with Crippen molar-refractivity contribution in [1.82, 2.24) is 20.5 Å². The third kappa shape index (κ3) is 4.71. The molecular weight excluding hydrogens is 323 g/mol. The molecule has 6 nitrogen and oxygen atoms in total. The van der Waals surface area contributed by atoms with Crippen LogP contribution < -0.4 is 10.9 Å². The van der Waals surface area contributed by atoms with Crippen LogP contribution in [0.2, 0.25) is 0 Å². The van der Waals surface area contributed by atoms with Gasteiger partial charge in [-0.25, -0.2) is 4.39 Å². The van der Waals surface area contributed by atoms with E-state index in [1.165, 1.54) is 24.6 Å². The van der Waals surface area contributed by atoms with E-state index >= 15 is 0 Å². The molecule has 1 aliphatic rings. The highest BCUT2D eigenvalue weighted by molar-refractivity contribution is 5.76. The number of H-pyrrole nitrogens is 1. The van der Waals surface area contributed by atoms with Gasteiger partial charge in [0.1, 0.15) is 11.5 Å². The number of aryl methyl sites for hydroxylation is 1. The fraction of sp³-hybridized carbons (Fsp3) is 0.444. The highest BCUT2D eigenvalue weighted by atomic mass is 19.1. The molecule has 7 heteroatoms. The number of amides is 1. The minimum absolute atomic E-state index is 0.0673. The first-order valence-corrected chi connectivity index (χ1v) is 8.63. The van der Waals surface area contributed by atoms with Crippen LogP contribution in [0.4, 0.5) is 4.39 Å². The van der Waals surface area contributed by atoms with Gasteiger partial charge in [-0.15, -0.1) is 10.2 Å². The topological polar surface area (TPSA) is 87.7 Å². The van der Waals surface area contributed by atoms with E-state index in [0.717, 1.165) is 25.7 Å². The number of aromatic nitrogens is 3. The monoisotopic (exact) mass is 344 g/mol. The maximum Gasteiger partial charge on any atom is 0.273 e. The van der Waals surface area contributed by atoms with E-state index in [4.69, 9.17) is 0 Å². The lowest BCUT2D eigenvalue weighted by atomic mass is 9.95. The molecule has 0 unspecified atom stereocenters. The SMILES string of the molecule is O=C(CCc1nnc(-c2cccc(F)c2)[nH]c1=O)NC1CCCCC1. The second-order valence-corrected chi connectivity index (χ2v) is 6.36. The smallest absolute Gasteiger partial charge is 0.273 e. The third-order valence-electron chi connectivity index (χ3n) is 4.42. The Balaban J connectivity index is 1.59. The van der Waals surface area contributed by atoms with Gasteiger partial charge in [0.2, 0.25) is 5.91 Å². The Kier molecular flexibility index (Phi) is 5.53. The summed E-state index contributed by atoms with van der Waals surface area (Å²) in [6.45, 7) is 0. The number of carbonyl (C=O) groups is 1. The first-order valence-electron chi connectivity index (χ1n) is 8.63. The van der Waals surface area contributed by atoms with Gasteiger partial charge in [-0.2, -0.15) is 0 Å². The van der Waals surface area contributed by atoms with Crippen LogP contribution >= 0.6 is 0 Å². The van der Waals surface area contributed by atoms with Crippen molar-refractivity contribution in [2.75, 3.05) is 0 Å². The normalized spacial score (nSPS) is 15.1. The predicted molar refractivity (Wildman–Crippen MR) is 91.4 cm³/mol. The first kappa shape index (κ1) is 17.3. The van der Waals surface area contributed by atoms with Gasteiger partial charge in [-0.3, -0.25) is 9.59 Å². The van der Waals surface area contributed by atoms with Crippen LogP contribution in [0.3, 0.4) is 0 Å². The average Bonchev–Trinajstić information content (AvgIpc) is 2.61. The lowest BCUT2D eigenvalue weighted by Crippen LogP contribution is -2.36. The molecule has 25 heavy (non-hydrogen) atoms. The number of aromatic amines is 1. The molecule has 0 bridgehead atoms. The first-order chi connectivity index (χ1) is 12.1. The van der Waals surface area contributed by atoms with Crippen LogP contribution in [0, 0.1) is 5.82 Å². The van der Waals surface area contributed by atoms with Gasteiger partial charge < -0.3 is 10.3 Å². The number of benzene rings is 1. The van der Waals surface area contributed by atoms with Crippen molar-refractivity contribution < 1.29 is 9.18 Å². The molecule has 1 heterocycles. The van der Waals surface area contributed by atoms with Crippen LogP contribution in [0.15, 0.2) is 29.1 Å². The highest BCUT2D eigenvalue weighted by Crippen LogP contribution is 2.17. The van der Waals surface area contributed by atoms with Crippen LogP contribution in [0.1, 0.15) is 44.2 Å². The molecule has 0 radical (unpaired) electrons.